The van der Waals surface area contributed by atoms with Crippen LogP contribution in [0.25, 0.3) is 0 Å². The fourth-order valence-electron chi connectivity index (χ4n) is 1.93. The van der Waals surface area contributed by atoms with Crippen LogP contribution in [-0.2, 0) is 6.18 Å². The van der Waals surface area contributed by atoms with E-state index < -0.39 is 11.9 Å². The number of alkyl halides is 4. The smallest absolute Gasteiger partial charge is 0.351 e. The van der Waals surface area contributed by atoms with Crippen LogP contribution in [-0.4, -0.2) is 28.1 Å². The van der Waals surface area contributed by atoms with Crippen LogP contribution < -0.4 is 4.90 Å². The Balaban J connectivity index is 2.18. The van der Waals surface area contributed by atoms with E-state index in [0.717, 1.165) is 30.8 Å². The lowest BCUT2D eigenvalue weighted by atomic mass is 10.2. The fraction of sp³-hybridized carbons (Fsp3) is 0.600. The lowest BCUT2D eigenvalue weighted by molar-refractivity contribution is -0.141. The predicted octanol–water partition coefficient (Wildman–Crippen LogP) is 2.86. The summed E-state index contributed by atoms with van der Waals surface area (Å²) in [6.45, 7) is 0.816. The molecule has 2 rings (SSSR count). The van der Waals surface area contributed by atoms with Gasteiger partial charge in [-0.3, -0.25) is 0 Å². The van der Waals surface area contributed by atoms with Crippen molar-refractivity contribution >= 4 is 21.7 Å². The van der Waals surface area contributed by atoms with Gasteiger partial charge in [0.15, 0.2) is 11.5 Å². The highest BCUT2D eigenvalue weighted by atomic mass is 79.9. The summed E-state index contributed by atoms with van der Waals surface area (Å²) in [7, 11) is 0. The van der Waals surface area contributed by atoms with Gasteiger partial charge in [0.25, 0.3) is 0 Å². The topological polar surface area (TPSA) is 29.0 Å². The Morgan fingerprint density at radius 1 is 1.35 bits per heavy atom. The number of hydrogen-bond acceptors (Lipinski definition) is 3. The van der Waals surface area contributed by atoms with Gasteiger partial charge >= 0.3 is 6.18 Å². The highest BCUT2D eigenvalue weighted by molar-refractivity contribution is 9.09. The molecule has 17 heavy (non-hydrogen) atoms. The summed E-state index contributed by atoms with van der Waals surface area (Å²) < 4.78 is 36.9. The Morgan fingerprint density at radius 3 is 2.65 bits per heavy atom. The molecule has 1 unspecified atom stereocenters. The van der Waals surface area contributed by atoms with Crippen molar-refractivity contribution in [2.75, 3.05) is 16.8 Å². The van der Waals surface area contributed by atoms with Crippen molar-refractivity contribution in [2.24, 2.45) is 0 Å². The van der Waals surface area contributed by atoms with Gasteiger partial charge in [0.05, 0.1) is 0 Å². The third-order valence-corrected chi connectivity index (χ3v) is 3.54. The van der Waals surface area contributed by atoms with Crippen molar-refractivity contribution in [3.05, 3.63) is 17.8 Å². The zero-order chi connectivity index (χ0) is 12.5. The number of rotatable bonds is 2. The van der Waals surface area contributed by atoms with Crippen molar-refractivity contribution in [2.45, 2.75) is 25.1 Å². The molecule has 1 aliphatic heterocycles. The van der Waals surface area contributed by atoms with E-state index in [4.69, 9.17) is 0 Å². The molecule has 7 heteroatoms. The molecular formula is C10H11BrF3N3. The number of aromatic nitrogens is 2. The second kappa shape index (κ2) is 4.80. The average Bonchev–Trinajstić information content (AvgIpc) is 2.76. The number of halogens is 4. The quantitative estimate of drug-likeness (QED) is 0.787. The minimum absolute atomic E-state index is 0.293. The summed E-state index contributed by atoms with van der Waals surface area (Å²) >= 11 is 3.39. The molecule has 0 N–H and O–H groups in total. The third-order valence-electron chi connectivity index (χ3n) is 2.79. The van der Waals surface area contributed by atoms with E-state index in [1.165, 1.54) is 6.07 Å². The maximum absolute atomic E-state index is 12.3. The molecule has 0 amide bonds. The second-order valence-corrected chi connectivity index (χ2v) is 4.57. The van der Waals surface area contributed by atoms with Crippen LogP contribution in [0.5, 0.6) is 0 Å². The summed E-state index contributed by atoms with van der Waals surface area (Å²) in [6.07, 6.45) is -2.38. The highest BCUT2D eigenvalue weighted by Crippen LogP contribution is 2.29. The van der Waals surface area contributed by atoms with Crippen LogP contribution in [0, 0.1) is 0 Å². The first kappa shape index (κ1) is 12.6. The average molecular weight is 310 g/mol. The van der Waals surface area contributed by atoms with Crippen LogP contribution in [0.15, 0.2) is 12.1 Å². The van der Waals surface area contributed by atoms with E-state index in [9.17, 15) is 13.2 Å². The largest absolute Gasteiger partial charge is 0.435 e. The zero-order valence-electron chi connectivity index (χ0n) is 8.91. The lowest BCUT2D eigenvalue weighted by Gasteiger charge is -2.23. The highest BCUT2D eigenvalue weighted by Gasteiger charge is 2.33. The van der Waals surface area contributed by atoms with Gasteiger partial charge in [-0.15, -0.1) is 10.2 Å². The van der Waals surface area contributed by atoms with Crippen molar-refractivity contribution in [1.82, 2.24) is 10.2 Å². The van der Waals surface area contributed by atoms with Crippen molar-refractivity contribution in [3.8, 4) is 0 Å². The molecule has 0 spiro atoms. The van der Waals surface area contributed by atoms with Crippen LogP contribution in [0.1, 0.15) is 18.5 Å². The molecule has 0 bridgehead atoms. The molecule has 0 aliphatic carbocycles. The maximum atomic E-state index is 12.3. The Morgan fingerprint density at radius 2 is 2.12 bits per heavy atom. The van der Waals surface area contributed by atoms with Gasteiger partial charge < -0.3 is 4.90 Å². The van der Waals surface area contributed by atoms with Gasteiger partial charge in [-0.25, -0.2) is 0 Å². The molecule has 0 saturated carbocycles. The summed E-state index contributed by atoms with van der Waals surface area (Å²) in [5, 5.41) is 7.68. The maximum Gasteiger partial charge on any atom is 0.435 e. The van der Waals surface area contributed by atoms with Crippen LogP contribution in [0.3, 0.4) is 0 Å². The zero-order valence-corrected chi connectivity index (χ0v) is 10.5. The first-order chi connectivity index (χ1) is 8.02. The summed E-state index contributed by atoms with van der Waals surface area (Å²) in [4.78, 5) is 1.99. The lowest BCUT2D eigenvalue weighted by Crippen LogP contribution is -2.31. The molecule has 1 atom stereocenters. The van der Waals surface area contributed by atoms with E-state index in [0.29, 0.717) is 11.9 Å². The molecule has 1 fully saturated rings. The first-order valence-corrected chi connectivity index (χ1v) is 6.38. The predicted molar refractivity (Wildman–Crippen MR) is 61.2 cm³/mol. The molecule has 94 valence electrons. The molecular weight excluding hydrogens is 299 g/mol. The first-order valence-electron chi connectivity index (χ1n) is 5.26. The molecule has 1 aliphatic rings. The van der Waals surface area contributed by atoms with Crippen molar-refractivity contribution < 1.29 is 13.2 Å². The molecule has 1 aromatic heterocycles. The van der Waals surface area contributed by atoms with Crippen LogP contribution in [0.2, 0.25) is 0 Å². The van der Waals surface area contributed by atoms with E-state index >= 15 is 0 Å². The molecule has 0 radical (unpaired) electrons. The summed E-state index contributed by atoms with van der Waals surface area (Å²) in [6, 6.07) is 2.66. The van der Waals surface area contributed by atoms with Gasteiger partial charge in [-0.05, 0) is 25.0 Å². The summed E-state index contributed by atoms with van der Waals surface area (Å²) in [5.41, 5.74) is -0.948. The number of nitrogens with zero attached hydrogens (tertiary/aromatic N) is 3. The number of hydrogen-bond donors (Lipinski definition) is 0. The van der Waals surface area contributed by atoms with E-state index in [1.807, 2.05) is 4.90 Å². The summed E-state index contributed by atoms with van der Waals surface area (Å²) in [5.74, 6) is 0.514. The normalized spacial score (nSPS) is 20.9. The van der Waals surface area contributed by atoms with E-state index in [2.05, 4.69) is 26.1 Å². The monoisotopic (exact) mass is 309 g/mol. The third kappa shape index (κ3) is 2.70. The van der Waals surface area contributed by atoms with Crippen molar-refractivity contribution in [1.29, 1.82) is 0 Å². The Hall–Kier alpha value is -0.850. The Bertz CT molecular complexity index is 379. The SMILES string of the molecule is FC(F)(F)c1ccc(N2CCCC2CBr)nn1. The molecule has 2 heterocycles. The molecule has 0 aromatic carbocycles. The van der Waals surface area contributed by atoms with Gasteiger partial charge in [-0.1, -0.05) is 15.9 Å². The van der Waals surface area contributed by atoms with Gasteiger partial charge in [-0.2, -0.15) is 13.2 Å². The van der Waals surface area contributed by atoms with E-state index in [-0.39, 0.29) is 0 Å². The minimum atomic E-state index is -4.43. The molecule has 1 saturated heterocycles. The Kier molecular flexibility index (Phi) is 3.56. The molecule has 1 aromatic rings. The van der Waals surface area contributed by atoms with Gasteiger partial charge in [0, 0.05) is 17.9 Å². The fourth-order valence-corrected chi connectivity index (χ4v) is 2.60. The standard InChI is InChI=1S/C10H11BrF3N3/c11-6-7-2-1-5-17(7)9-4-3-8(15-16-9)10(12,13)14/h3-4,7H,1-2,5-6H2. The van der Waals surface area contributed by atoms with Crippen molar-refractivity contribution in [3.63, 3.8) is 0 Å². The Labute approximate surface area is 105 Å². The minimum Gasteiger partial charge on any atom is -0.351 e. The van der Waals surface area contributed by atoms with Crippen LogP contribution >= 0.6 is 15.9 Å². The van der Waals surface area contributed by atoms with Gasteiger partial charge in [0.1, 0.15) is 0 Å². The second-order valence-electron chi connectivity index (χ2n) is 3.92. The van der Waals surface area contributed by atoms with Gasteiger partial charge in [0.2, 0.25) is 0 Å². The molecule has 3 nitrogen and oxygen atoms in total. The number of anilines is 1. The van der Waals surface area contributed by atoms with E-state index in [1.54, 1.807) is 0 Å². The van der Waals surface area contributed by atoms with Crippen LogP contribution in [0.4, 0.5) is 19.0 Å².